The van der Waals surface area contributed by atoms with Gasteiger partial charge in [-0.2, -0.15) is 0 Å². The van der Waals surface area contributed by atoms with Crippen LogP contribution in [0.3, 0.4) is 0 Å². The van der Waals surface area contributed by atoms with Gasteiger partial charge < -0.3 is 9.84 Å². The first-order valence-electron chi connectivity index (χ1n) is 5.67. The van der Waals surface area contributed by atoms with E-state index in [1.165, 1.54) is 0 Å². The van der Waals surface area contributed by atoms with Crippen molar-refractivity contribution < 1.29 is 9.84 Å². The summed E-state index contributed by atoms with van der Waals surface area (Å²) in [4.78, 5) is 0. The van der Waals surface area contributed by atoms with Gasteiger partial charge in [0.2, 0.25) is 0 Å². The van der Waals surface area contributed by atoms with Crippen molar-refractivity contribution in [2.24, 2.45) is 0 Å². The molecule has 1 rings (SSSR count). The number of benzene rings is 1. The molecule has 0 saturated carbocycles. The third-order valence-electron chi connectivity index (χ3n) is 2.58. The summed E-state index contributed by atoms with van der Waals surface area (Å²) in [5, 5.41) is 9.80. The van der Waals surface area contributed by atoms with Crippen LogP contribution in [0, 0.1) is 0 Å². The maximum absolute atomic E-state index is 9.80. The van der Waals surface area contributed by atoms with Gasteiger partial charge in [-0.3, -0.25) is 0 Å². The average molecular weight is 287 g/mol. The van der Waals surface area contributed by atoms with Crippen molar-refractivity contribution in [1.29, 1.82) is 0 Å². The predicted octanol–water partition coefficient (Wildman–Crippen LogP) is 3.55. The molecule has 1 atom stereocenters. The number of unbranched alkanes of at least 4 members (excludes halogenated alkanes) is 1. The maximum Gasteiger partial charge on any atom is 0.133 e. The Balaban J connectivity index is 2.57. The first-order valence-corrected chi connectivity index (χ1v) is 6.47. The molecule has 0 aromatic heterocycles. The number of rotatable bonds is 6. The number of hydrogen-bond donors (Lipinski definition) is 1. The second-order valence-corrected chi connectivity index (χ2v) is 4.82. The van der Waals surface area contributed by atoms with Crippen molar-refractivity contribution in [3.63, 3.8) is 0 Å². The van der Waals surface area contributed by atoms with Gasteiger partial charge in [-0.05, 0) is 46.5 Å². The third kappa shape index (κ3) is 4.14. The molecule has 0 amide bonds. The smallest absolute Gasteiger partial charge is 0.133 e. The van der Waals surface area contributed by atoms with E-state index < -0.39 is 0 Å². The molecule has 1 aromatic rings. The largest absolute Gasteiger partial charge is 0.496 e. The van der Waals surface area contributed by atoms with E-state index in [2.05, 4.69) is 22.9 Å². The lowest BCUT2D eigenvalue weighted by Crippen LogP contribution is -2.10. The van der Waals surface area contributed by atoms with Crippen LogP contribution >= 0.6 is 15.9 Å². The Bertz CT molecular complexity index is 326. The molecule has 2 nitrogen and oxygen atoms in total. The molecule has 0 bridgehead atoms. The SMILES string of the molecule is CCCCC(O)Cc1ccc(OC)c(Br)c1. The van der Waals surface area contributed by atoms with Crippen LogP contribution in [0.5, 0.6) is 5.75 Å². The highest BCUT2D eigenvalue weighted by molar-refractivity contribution is 9.10. The van der Waals surface area contributed by atoms with Crippen LogP contribution in [0.15, 0.2) is 22.7 Å². The summed E-state index contributed by atoms with van der Waals surface area (Å²) < 4.78 is 6.10. The molecule has 1 unspecified atom stereocenters. The number of ether oxygens (including phenoxy) is 1. The minimum Gasteiger partial charge on any atom is -0.496 e. The fourth-order valence-electron chi connectivity index (χ4n) is 1.65. The zero-order valence-electron chi connectivity index (χ0n) is 9.87. The fraction of sp³-hybridized carbons (Fsp3) is 0.538. The van der Waals surface area contributed by atoms with Crippen molar-refractivity contribution >= 4 is 15.9 Å². The van der Waals surface area contributed by atoms with Crippen LogP contribution in [-0.4, -0.2) is 18.3 Å². The lowest BCUT2D eigenvalue weighted by Gasteiger charge is -2.11. The number of hydrogen-bond acceptors (Lipinski definition) is 2. The monoisotopic (exact) mass is 286 g/mol. The van der Waals surface area contributed by atoms with Gasteiger partial charge in [0.15, 0.2) is 0 Å². The van der Waals surface area contributed by atoms with Gasteiger partial charge in [0.05, 0.1) is 17.7 Å². The molecular weight excluding hydrogens is 268 g/mol. The minimum absolute atomic E-state index is 0.236. The summed E-state index contributed by atoms with van der Waals surface area (Å²) in [6.45, 7) is 2.14. The van der Waals surface area contributed by atoms with Crippen LogP contribution < -0.4 is 4.74 Å². The molecule has 0 radical (unpaired) electrons. The Morgan fingerprint density at radius 3 is 2.75 bits per heavy atom. The van der Waals surface area contributed by atoms with Crippen LogP contribution in [-0.2, 0) is 6.42 Å². The highest BCUT2D eigenvalue weighted by Crippen LogP contribution is 2.26. The van der Waals surface area contributed by atoms with Gasteiger partial charge >= 0.3 is 0 Å². The molecule has 0 aliphatic heterocycles. The molecule has 1 aromatic carbocycles. The lowest BCUT2D eigenvalue weighted by atomic mass is 10.0. The Labute approximate surface area is 106 Å². The van der Waals surface area contributed by atoms with Crippen LogP contribution in [0.1, 0.15) is 31.7 Å². The van der Waals surface area contributed by atoms with Gasteiger partial charge in [0, 0.05) is 0 Å². The maximum atomic E-state index is 9.80. The molecule has 90 valence electrons. The molecule has 0 fully saturated rings. The summed E-state index contributed by atoms with van der Waals surface area (Å²) in [5.41, 5.74) is 1.14. The first kappa shape index (κ1) is 13.5. The van der Waals surface area contributed by atoms with Crippen molar-refractivity contribution in [2.75, 3.05) is 7.11 Å². The molecule has 0 spiro atoms. The van der Waals surface area contributed by atoms with Gasteiger partial charge in [0.25, 0.3) is 0 Å². The van der Waals surface area contributed by atoms with E-state index in [1.54, 1.807) is 7.11 Å². The van der Waals surface area contributed by atoms with Gasteiger partial charge in [0.1, 0.15) is 5.75 Å². The minimum atomic E-state index is -0.236. The van der Waals surface area contributed by atoms with E-state index in [0.717, 1.165) is 35.0 Å². The number of methoxy groups -OCH3 is 1. The van der Waals surface area contributed by atoms with Crippen LogP contribution in [0.25, 0.3) is 0 Å². The van der Waals surface area contributed by atoms with Gasteiger partial charge in [-0.1, -0.05) is 25.8 Å². The van der Waals surface area contributed by atoms with Gasteiger partial charge in [-0.15, -0.1) is 0 Å². The Morgan fingerprint density at radius 1 is 1.44 bits per heavy atom. The normalized spacial score (nSPS) is 12.5. The van der Waals surface area contributed by atoms with E-state index in [9.17, 15) is 5.11 Å². The quantitative estimate of drug-likeness (QED) is 0.867. The highest BCUT2D eigenvalue weighted by atomic mass is 79.9. The van der Waals surface area contributed by atoms with Crippen molar-refractivity contribution in [1.82, 2.24) is 0 Å². The lowest BCUT2D eigenvalue weighted by molar-refractivity contribution is 0.161. The Morgan fingerprint density at radius 2 is 2.19 bits per heavy atom. The van der Waals surface area contributed by atoms with Crippen molar-refractivity contribution in [3.05, 3.63) is 28.2 Å². The van der Waals surface area contributed by atoms with Crippen molar-refractivity contribution in [2.45, 2.75) is 38.7 Å². The van der Waals surface area contributed by atoms with Crippen LogP contribution in [0.4, 0.5) is 0 Å². The van der Waals surface area contributed by atoms with E-state index in [4.69, 9.17) is 4.74 Å². The first-order chi connectivity index (χ1) is 7.67. The topological polar surface area (TPSA) is 29.5 Å². The summed E-state index contributed by atoms with van der Waals surface area (Å²) in [6.07, 6.45) is 3.56. The molecule has 0 heterocycles. The number of aliphatic hydroxyl groups excluding tert-OH is 1. The van der Waals surface area contributed by atoms with Crippen molar-refractivity contribution in [3.8, 4) is 5.75 Å². The Kier molecular flexibility index (Phi) is 5.85. The highest BCUT2D eigenvalue weighted by Gasteiger charge is 2.07. The van der Waals surface area contributed by atoms with Gasteiger partial charge in [-0.25, -0.2) is 0 Å². The zero-order valence-corrected chi connectivity index (χ0v) is 11.5. The average Bonchev–Trinajstić information content (AvgIpc) is 2.26. The Hall–Kier alpha value is -0.540. The molecule has 0 aliphatic rings. The second-order valence-electron chi connectivity index (χ2n) is 3.97. The fourth-order valence-corrected chi connectivity index (χ4v) is 2.24. The third-order valence-corrected chi connectivity index (χ3v) is 3.20. The van der Waals surface area contributed by atoms with E-state index in [0.29, 0.717) is 6.42 Å². The summed E-state index contributed by atoms with van der Waals surface area (Å²) in [7, 11) is 1.65. The zero-order chi connectivity index (χ0) is 12.0. The van der Waals surface area contributed by atoms with E-state index >= 15 is 0 Å². The molecule has 0 saturated heterocycles. The number of aliphatic hydroxyl groups is 1. The standard InChI is InChI=1S/C13H19BrO2/c1-3-4-5-11(15)8-10-6-7-13(16-2)12(14)9-10/h6-7,9,11,15H,3-5,8H2,1-2H3. The predicted molar refractivity (Wildman–Crippen MR) is 69.9 cm³/mol. The summed E-state index contributed by atoms with van der Waals surface area (Å²) in [5.74, 6) is 0.826. The summed E-state index contributed by atoms with van der Waals surface area (Å²) in [6, 6.07) is 5.93. The molecule has 3 heteroatoms. The molecule has 16 heavy (non-hydrogen) atoms. The van der Waals surface area contributed by atoms with Crippen LogP contribution in [0.2, 0.25) is 0 Å². The molecular formula is C13H19BrO2. The number of halogens is 1. The molecule has 1 N–H and O–H groups in total. The van der Waals surface area contributed by atoms with E-state index in [-0.39, 0.29) is 6.10 Å². The second kappa shape index (κ2) is 6.92. The van der Waals surface area contributed by atoms with E-state index in [1.807, 2.05) is 18.2 Å². The summed E-state index contributed by atoms with van der Waals surface area (Å²) >= 11 is 3.44. The molecule has 0 aliphatic carbocycles.